The number of ether oxygens (including phenoxy) is 1. The summed E-state index contributed by atoms with van der Waals surface area (Å²) in [6.45, 7) is 4.20. The van der Waals surface area contributed by atoms with Crippen LogP contribution in [0.3, 0.4) is 0 Å². The fraction of sp³-hybridized carbons (Fsp3) is 0.500. The van der Waals surface area contributed by atoms with Crippen molar-refractivity contribution in [2.24, 2.45) is 5.73 Å². The molecule has 3 heteroatoms. The molecule has 2 nitrogen and oxygen atoms in total. The lowest BCUT2D eigenvalue weighted by Crippen LogP contribution is -2.34. The van der Waals surface area contributed by atoms with Crippen molar-refractivity contribution in [2.45, 2.75) is 25.8 Å². The number of hydrogen-bond donors (Lipinski definition) is 1. The van der Waals surface area contributed by atoms with Crippen LogP contribution >= 0.6 is 0 Å². The van der Waals surface area contributed by atoms with Gasteiger partial charge in [-0.25, -0.2) is 4.39 Å². The topological polar surface area (TPSA) is 35.2 Å². The maximum atomic E-state index is 13.3. The van der Waals surface area contributed by atoms with Gasteiger partial charge in [0, 0.05) is 19.3 Å². The van der Waals surface area contributed by atoms with Crippen LogP contribution in [-0.2, 0) is 10.3 Å². The van der Waals surface area contributed by atoms with Gasteiger partial charge in [0.2, 0.25) is 0 Å². The fourth-order valence-electron chi connectivity index (χ4n) is 1.41. The second kappa shape index (κ2) is 4.73. The number of aryl methyl sites for hydroxylation is 1. The molecular weight excluding hydrogens is 193 g/mol. The number of benzene rings is 1. The molecule has 1 unspecified atom stereocenters. The average molecular weight is 211 g/mol. The smallest absolute Gasteiger partial charge is 0.126 e. The van der Waals surface area contributed by atoms with Gasteiger partial charge in [0.05, 0.1) is 0 Å². The fourth-order valence-corrected chi connectivity index (χ4v) is 1.41. The third kappa shape index (κ3) is 3.01. The molecule has 1 rings (SSSR count). The molecule has 0 radical (unpaired) electrons. The highest BCUT2D eigenvalue weighted by Crippen LogP contribution is 2.23. The van der Waals surface area contributed by atoms with Crippen LogP contribution in [0.1, 0.15) is 24.5 Å². The van der Waals surface area contributed by atoms with Gasteiger partial charge < -0.3 is 10.5 Å². The number of hydrogen-bond acceptors (Lipinski definition) is 2. The molecule has 0 spiro atoms. The van der Waals surface area contributed by atoms with Crippen LogP contribution in [0.2, 0.25) is 0 Å². The van der Waals surface area contributed by atoms with E-state index in [9.17, 15) is 4.39 Å². The summed E-state index contributed by atoms with van der Waals surface area (Å²) in [5.41, 5.74) is 7.01. The zero-order valence-corrected chi connectivity index (χ0v) is 9.51. The SMILES string of the molecule is COCCC(C)(N)c1ccc(C)c(F)c1. The van der Waals surface area contributed by atoms with Crippen molar-refractivity contribution in [3.05, 3.63) is 35.1 Å². The Labute approximate surface area is 90.2 Å². The third-order valence-electron chi connectivity index (χ3n) is 2.66. The first-order valence-electron chi connectivity index (χ1n) is 5.02. The molecule has 84 valence electrons. The van der Waals surface area contributed by atoms with Crippen LogP contribution in [0.5, 0.6) is 0 Å². The predicted octanol–water partition coefficient (Wildman–Crippen LogP) is 2.34. The van der Waals surface area contributed by atoms with Crippen LogP contribution < -0.4 is 5.73 Å². The Kier molecular flexibility index (Phi) is 3.83. The normalized spacial score (nSPS) is 15.0. The van der Waals surface area contributed by atoms with E-state index in [1.54, 1.807) is 20.1 Å². The monoisotopic (exact) mass is 211 g/mol. The molecule has 0 aromatic heterocycles. The highest BCUT2D eigenvalue weighted by Gasteiger charge is 2.21. The summed E-state index contributed by atoms with van der Waals surface area (Å²) in [4.78, 5) is 0. The van der Waals surface area contributed by atoms with Crippen molar-refractivity contribution in [1.82, 2.24) is 0 Å². The van der Waals surface area contributed by atoms with Gasteiger partial charge in [-0.1, -0.05) is 12.1 Å². The summed E-state index contributed by atoms with van der Waals surface area (Å²) < 4.78 is 18.3. The van der Waals surface area contributed by atoms with Gasteiger partial charge in [0.25, 0.3) is 0 Å². The second-order valence-corrected chi connectivity index (χ2v) is 4.12. The summed E-state index contributed by atoms with van der Waals surface area (Å²) >= 11 is 0. The highest BCUT2D eigenvalue weighted by atomic mass is 19.1. The Morgan fingerprint density at radius 1 is 1.47 bits per heavy atom. The van der Waals surface area contributed by atoms with Crippen LogP contribution in [0.25, 0.3) is 0 Å². The van der Waals surface area contributed by atoms with Crippen molar-refractivity contribution in [2.75, 3.05) is 13.7 Å². The van der Waals surface area contributed by atoms with E-state index in [2.05, 4.69) is 0 Å². The first kappa shape index (κ1) is 12.1. The molecular formula is C12H18FNO. The van der Waals surface area contributed by atoms with Crippen molar-refractivity contribution < 1.29 is 9.13 Å². The van der Waals surface area contributed by atoms with Crippen LogP contribution in [0, 0.1) is 12.7 Å². The van der Waals surface area contributed by atoms with Gasteiger partial charge in [0.1, 0.15) is 5.82 Å². The third-order valence-corrected chi connectivity index (χ3v) is 2.66. The molecule has 0 bridgehead atoms. The molecule has 1 atom stereocenters. The lowest BCUT2D eigenvalue weighted by Gasteiger charge is -2.25. The molecule has 15 heavy (non-hydrogen) atoms. The maximum Gasteiger partial charge on any atom is 0.126 e. The van der Waals surface area contributed by atoms with E-state index in [0.29, 0.717) is 18.6 Å². The van der Waals surface area contributed by atoms with E-state index >= 15 is 0 Å². The minimum Gasteiger partial charge on any atom is -0.385 e. The Bertz CT molecular complexity index is 336. The van der Waals surface area contributed by atoms with Crippen LogP contribution in [0.4, 0.5) is 4.39 Å². The molecule has 1 aromatic rings. The molecule has 0 heterocycles. The number of rotatable bonds is 4. The van der Waals surface area contributed by atoms with Gasteiger partial charge in [-0.05, 0) is 37.5 Å². The summed E-state index contributed by atoms with van der Waals surface area (Å²) in [6.07, 6.45) is 0.673. The molecule has 2 N–H and O–H groups in total. The molecule has 0 fully saturated rings. The molecule has 0 saturated carbocycles. The highest BCUT2D eigenvalue weighted by molar-refractivity contribution is 5.28. The van der Waals surface area contributed by atoms with Crippen molar-refractivity contribution in [3.63, 3.8) is 0 Å². The van der Waals surface area contributed by atoms with Gasteiger partial charge in [-0.2, -0.15) is 0 Å². The van der Waals surface area contributed by atoms with E-state index in [1.807, 2.05) is 13.0 Å². The summed E-state index contributed by atoms with van der Waals surface area (Å²) in [7, 11) is 1.63. The summed E-state index contributed by atoms with van der Waals surface area (Å²) in [5.74, 6) is -0.207. The van der Waals surface area contributed by atoms with Crippen LogP contribution in [0.15, 0.2) is 18.2 Å². The second-order valence-electron chi connectivity index (χ2n) is 4.12. The van der Waals surface area contributed by atoms with E-state index in [4.69, 9.17) is 10.5 Å². The Morgan fingerprint density at radius 3 is 2.67 bits per heavy atom. The first-order chi connectivity index (χ1) is 6.97. The zero-order chi connectivity index (χ0) is 11.5. The van der Waals surface area contributed by atoms with Gasteiger partial charge in [-0.15, -0.1) is 0 Å². The van der Waals surface area contributed by atoms with Gasteiger partial charge in [0.15, 0.2) is 0 Å². The van der Waals surface area contributed by atoms with Gasteiger partial charge >= 0.3 is 0 Å². The lowest BCUT2D eigenvalue weighted by atomic mass is 9.89. The summed E-state index contributed by atoms with van der Waals surface area (Å²) in [5, 5.41) is 0. The molecule has 1 aromatic carbocycles. The maximum absolute atomic E-state index is 13.3. The van der Waals surface area contributed by atoms with E-state index in [1.165, 1.54) is 6.07 Å². The predicted molar refractivity (Wildman–Crippen MR) is 59.2 cm³/mol. The number of methoxy groups -OCH3 is 1. The quantitative estimate of drug-likeness (QED) is 0.829. The van der Waals surface area contributed by atoms with Crippen molar-refractivity contribution in [3.8, 4) is 0 Å². The molecule has 0 aliphatic heterocycles. The van der Waals surface area contributed by atoms with Gasteiger partial charge in [-0.3, -0.25) is 0 Å². The average Bonchev–Trinajstić information content (AvgIpc) is 2.19. The van der Waals surface area contributed by atoms with Crippen molar-refractivity contribution in [1.29, 1.82) is 0 Å². The van der Waals surface area contributed by atoms with Crippen molar-refractivity contribution >= 4 is 0 Å². The van der Waals surface area contributed by atoms with E-state index in [0.717, 1.165) is 5.56 Å². The van der Waals surface area contributed by atoms with E-state index < -0.39 is 5.54 Å². The molecule has 0 aliphatic carbocycles. The number of nitrogens with two attached hydrogens (primary N) is 1. The van der Waals surface area contributed by atoms with E-state index in [-0.39, 0.29) is 5.82 Å². The first-order valence-corrected chi connectivity index (χ1v) is 5.02. The minimum absolute atomic E-state index is 0.207. The number of halogens is 1. The van der Waals surface area contributed by atoms with Crippen LogP contribution in [-0.4, -0.2) is 13.7 Å². The zero-order valence-electron chi connectivity index (χ0n) is 9.51. The largest absolute Gasteiger partial charge is 0.385 e. The minimum atomic E-state index is -0.537. The Morgan fingerprint density at radius 2 is 2.13 bits per heavy atom. The Hall–Kier alpha value is -0.930. The molecule has 0 saturated heterocycles. The lowest BCUT2D eigenvalue weighted by molar-refractivity contribution is 0.172. The summed E-state index contributed by atoms with van der Waals surface area (Å²) in [6, 6.07) is 5.13. The Balaban J connectivity index is 2.89. The standard InChI is InChI=1S/C12H18FNO/c1-9-4-5-10(8-11(9)13)12(2,14)6-7-15-3/h4-5,8H,6-7,14H2,1-3H3. The molecule has 0 amide bonds. The molecule has 0 aliphatic rings.